The normalized spacial score (nSPS) is 22.8. The molecular formula is C14H18N2O4. The quantitative estimate of drug-likeness (QED) is 0.667. The molecule has 6 heteroatoms. The SMILES string of the molecule is CC(=O)c1cccc(NC(=O)CN2C[C@@H](O)[C@@H](O)C2)c1. The third-order valence-corrected chi connectivity index (χ3v) is 3.25. The van der Waals surface area contributed by atoms with E-state index in [-0.39, 0.29) is 31.3 Å². The second kappa shape index (κ2) is 6.13. The first-order valence-corrected chi connectivity index (χ1v) is 6.45. The zero-order valence-electron chi connectivity index (χ0n) is 11.2. The molecule has 1 aromatic rings. The lowest BCUT2D eigenvalue weighted by Crippen LogP contribution is -2.32. The van der Waals surface area contributed by atoms with E-state index in [1.54, 1.807) is 29.2 Å². The molecule has 1 heterocycles. The lowest BCUT2D eigenvalue weighted by atomic mass is 10.1. The summed E-state index contributed by atoms with van der Waals surface area (Å²) in [6.07, 6.45) is -1.60. The number of hydrogen-bond acceptors (Lipinski definition) is 5. The highest BCUT2D eigenvalue weighted by molar-refractivity contribution is 5.97. The Balaban J connectivity index is 1.92. The summed E-state index contributed by atoms with van der Waals surface area (Å²) in [5, 5.41) is 21.5. The maximum absolute atomic E-state index is 11.9. The van der Waals surface area contributed by atoms with Crippen molar-refractivity contribution < 1.29 is 19.8 Å². The number of β-amino-alcohol motifs (C(OH)–C–C–N with tert-alkyl or cyclic N) is 2. The summed E-state index contributed by atoms with van der Waals surface area (Å²) in [5.74, 6) is -0.307. The number of hydrogen-bond donors (Lipinski definition) is 3. The maximum atomic E-state index is 11.9. The van der Waals surface area contributed by atoms with Crippen molar-refractivity contribution in [2.45, 2.75) is 19.1 Å². The molecule has 1 aromatic carbocycles. The number of aliphatic hydroxyl groups excluding tert-OH is 2. The first-order valence-electron chi connectivity index (χ1n) is 6.45. The number of benzene rings is 1. The van der Waals surface area contributed by atoms with Gasteiger partial charge in [-0.2, -0.15) is 0 Å². The molecule has 2 rings (SSSR count). The van der Waals surface area contributed by atoms with Gasteiger partial charge in [-0.05, 0) is 19.1 Å². The minimum Gasteiger partial charge on any atom is -0.389 e. The number of carbonyl (C=O) groups is 2. The lowest BCUT2D eigenvalue weighted by Gasteiger charge is -2.14. The molecular weight excluding hydrogens is 260 g/mol. The van der Waals surface area contributed by atoms with Crippen molar-refractivity contribution in [2.24, 2.45) is 0 Å². The molecule has 1 aliphatic rings. The van der Waals surface area contributed by atoms with Crippen LogP contribution in [-0.2, 0) is 4.79 Å². The highest BCUT2D eigenvalue weighted by Crippen LogP contribution is 2.13. The van der Waals surface area contributed by atoms with E-state index >= 15 is 0 Å². The first kappa shape index (κ1) is 14.6. The minimum atomic E-state index is -0.802. The van der Waals surface area contributed by atoms with Crippen LogP contribution in [0.15, 0.2) is 24.3 Å². The fourth-order valence-electron chi connectivity index (χ4n) is 2.20. The van der Waals surface area contributed by atoms with E-state index in [0.29, 0.717) is 11.3 Å². The fourth-order valence-corrected chi connectivity index (χ4v) is 2.20. The Morgan fingerprint density at radius 3 is 2.55 bits per heavy atom. The van der Waals surface area contributed by atoms with Gasteiger partial charge in [0.15, 0.2) is 5.78 Å². The number of rotatable bonds is 4. The van der Waals surface area contributed by atoms with Crippen molar-refractivity contribution in [3.8, 4) is 0 Å². The van der Waals surface area contributed by atoms with Crippen LogP contribution in [-0.4, -0.2) is 58.6 Å². The summed E-state index contributed by atoms with van der Waals surface area (Å²) in [4.78, 5) is 24.8. The van der Waals surface area contributed by atoms with Crippen LogP contribution < -0.4 is 5.32 Å². The summed E-state index contributed by atoms with van der Waals surface area (Å²) in [6, 6.07) is 6.72. The van der Waals surface area contributed by atoms with Gasteiger partial charge < -0.3 is 15.5 Å². The largest absolute Gasteiger partial charge is 0.389 e. The molecule has 2 atom stereocenters. The molecule has 0 saturated carbocycles. The highest BCUT2D eigenvalue weighted by atomic mass is 16.3. The van der Waals surface area contributed by atoms with Crippen LogP contribution in [0.1, 0.15) is 17.3 Å². The van der Waals surface area contributed by atoms with Crippen molar-refractivity contribution >= 4 is 17.4 Å². The average molecular weight is 278 g/mol. The molecule has 1 fully saturated rings. The predicted molar refractivity (Wildman–Crippen MR) is 73.5 cm³/mol. The Labute approximate surface area is 117 Å². The molecule has 108 valence electrons. The van der Waals surface area contributed by atoms with Crippen molar-refractivity contribution in [3.05, 3.63) is 29.8 Å². The van der Waals surface area contributed by atoms with Gasteiger partial charge in [-0.1, -0.05) is 12.1 Å². The summed E-state index contributed by atoms with van der Waals surface area (Å²) in [5.41, 5.74) is 1.10. The highest BCUT2D eigenvalue weighted by Gasteiger charge is 2.30. The number of ketones is 1. The topological polar surface area (TPSA) is 89.9 Å². The second-order valence-electron chi connectivity index (χ2n) is 5.01. The van der Waals surface area contributed by atoms with Gasteiger partial charge in [-0.25, -0.2) is 0 Å². The van der Waals surface area contributed by atoms with E-state index in [9.17, 15) is 19.8 Å². The molecule has 1 aliphatic heterocycles. The average Bonchev–Trinajstić information content (AvgIpc) is 2.68. The Morgan fingerprint density at radius 1 is 1.30 bits per heavy atom. The Kier molecular flexibility index (Phi) is 4.49. The molecule has 20 heavy (non-hydrogen) atoms. The van der Waals surface area contributed by atoms with Gasteiger partial charge in [0, 0.05) is 24.3 Å². The number of aliphatic hydroxyl groups is 2. The van der Waals surface area contributed by atoms with Crippen LogP contribution in [0.25, 0.3) is 0 Å². The molecule has 0 aromatic heterocycles. The van der Waals surface area contributed by atoms with Crippen molar-refractivity contribution in [3.63, 3.8) is 0 Å². The number of anilines is 1. The van der Waals surface area contributed by atoms with Crippen molar-refractivity contribution in [1.29, 1.82) is 0 Å². The number of nitrogens with one attached hydrogen (secondary N) is 1. The molecule has 0 unspecified atom stereocenters. The van der Waals surface area contributed by atoms with E-state index in [4.69, 9.17) is 0 Å². The lowest BCUT2D eigenvalue weighted by molar-refractivity contribution is -0.117. The van der Waals surface area contributed by atoms with E-state index < -0.39 is 12.2 Å². The summed E-state index contributed by atoms with van der Waals surface area (Å²) in [7, 11) is 0. The fraction of sp³-hybridized carbons (Fsp3) is 0.429. The molecule has 1 amide bonds. The van der Waals surface area contributed by atoms with Crippen LogP contribution >= 0.6 is 0 Å². The number of carbonyl (C=O) groups excluding carboxylic acids is 2. The van der Waals surface area contributed by atoms with Gasteiger partial charge >= 0.3 is 0 Å². The van der Waals surface area contributed by atoms with Crippen LogP contribution in [0.3, 0.4) is 0 Å². The van der Waals surface area contributed by atoms with Crippen LogP contribution in [0.5, 0.6) is 0 Å². The number of nitrogens with zero attached hydrogens (tertiary/aromatic N) is 1. The van der Waals surface area contributed by atoms with Gasteiger partial charge in [0.2, 0.25) is 5.91 Å². The van der Waals surface area contributed by atoms with E-state index in [2.05, 4.69) is 5.32 Å². The summed E-state index contributed by atoms with van der Waals surface area (Å²) in [6.45, 7) is 2.12. The van der Waals surface area contributed by atoms with Crippen LogP contribution in [0, 0.1) is 0 Å². The number of Topliss-reactive ketones (excluding diaryl/α,β-unsaturated/α-hetero) is 1. The first-order chi connectivity index (χ1) is 9.45. The smallest absolute Gasteiger partial charge is 0.238 e. The molecule has 0 spiro atoms. The van der Waals surface area contributed by atoms with Gasteiger partial charge in [0.1, 0.15) is 0 Å². The molecule has 0 bridgehead atoms. The summed E-state index contributed by atoms with van der Waals surface area (Å²) >= 11 is 0. The van der Waals surface area contributed by atoms with Crippen molar-refractivity contribution in [1.82, 2.24) is 4.90 Å². The Bertz CT molecular complexity index is 508. The third kappa shape index (κ3) is 3.63. The molecule has 1 saturated heterocycles. The number of amides is 1. The molecule has 3 N–H and O–H groups in total. The van der Waals surface area contributed by atoms with Gasteiger partial charge in [-0.3, -0.25) is 14.5 Å². The predicted octanol–water partition coefficient (Wildman–Crippen LogP) is -0.135. The molecule has 6 nitrogen and oxygen atoms in total. The van der Waals surface area contributed by atoms with Crippen LogP contribution in [0.4, 0.5) is 5.69 Å². The zero-order valence-corrected chi connectivity index (χ0v) is 11.2. The van der Waals surface area contributed by atoms with Gasteiger partial charge in [0.05, 0.1) is 18.8 Å². The van der Waals surface area contributed by atoms with Gasteiger partial charge in [0.25, 0.3) is 0 Å². The standard InChI is InChI=1S/C14H18N2O4/c1-9(17)10-3-2-4-11(5-10)15-14(20)8-16-6-12(18)13(19)7-16/h2-5,12-13,18-19H,6-8H2,1H3,(H,15,20)/t12-,13+. The van der Waals surface area contributed by atoms with Gasteiger partial charge in [-0.15, -0.1) is 0 Å². The third-order valence-electron chi connectivity index (χ3n) is 3.25. The Morgan fingerprint density at radius 2 is 1.95 bits per heavy atom. The van der Waals surface area contributed by atoms with Crippen LogP contribution in [0.2, 0.25) is 0 Å². The zero-order chi connectivity index (χ0) is 14.7. The maximum Gasteiger partial charge on any atom is 0.238 e. The van der Waals surface area contributed by atoms with Crippen molar-refractivity contribution in [2.75, 3.05) is 25.0 Å². The summed E-state index contributed by atoms with van der Waals surface area (Å²) < 4.78 is 0. The van der Waals surface area contributed by atoms with E-state index in [0.717, 1.165) is 0 Å². The molecule has 0 radical (unpaired) electrons. The second-order valence-corrected chi connectivity index (χ2v) is 5.01. The monoisotopic (exact) mass is 278 g/mol. The van der Waals surface area contributed by atoms with E-state index in [1.807, 2.05) is 0 Å². The Hall–Kier alpha value is -1.76. The molecule has 0 aliphatic carbocycles. The number of likely N-dealkylation sites (tertiary alicyclic amines) is 1. The van der Waals surface area contributed by atoms with E-state index in [1.165, 1.54) is 6.92 Å². The minimum absolute atomic E-state index is 0.0631.